The van der Waals surface area contributed by atoms with E-state index >= 15 is 0 Å². The Morgan fingerprint density at radius 1 is 1.31 bits per heavy atom. The van der Waals surface area contributed by atoms with Gasteiger partial charge in [-0.3, -0.25) is 4.79 Å². The molecule has 16 heavy (non-hydrogen) atoms. The molecule has 0 unspecified atom stereocenters. The minimum Gasteiger partial charge on any atom is -0.481 e. The number of hydrogen-bond donors (Lipinski definition) is 3. The molecular weight excluding hydrogens is 212 g/mol. The number of nitrogens with one attached hydrogen (secondary N) is 2. The molecule has 94 valence electrons. The van der Waals surface area contributed by atoms with Crippen LogP contribution in [0.2, 0.25) is 0 Å². The maximum absolute atomic E-state index is 11.2. The summed E-state index contributed by atoms with van der Waals surface area (Å²) in [6, 6.07) is -0.310. The topological polar surface area (TPSA) is 87.7 Å². The largest absolute Gasteiger partial charge is 0.481 e. The number of rotatable bonds is 7. The number of carboxylic acids is 1. The monoisotopic (exact) mass is 232 g/mol. The second-order valence-corrected chi connectivity index (χ2v) is 4.07. The molecule has 6 heteroatoms. The number of carbonyl (C=O) groups is 2. The third-order valence-electron chi connectivity index (χ3n) is 2.08. The Morgan fingerprint density at radius 2 is 1.94 bits per heavy atom. The van der Waals surface area contributed by atoms with Crippen LogP contribution in [0.4, 0.5) is 4.79 Å². The fraction of sp³-hybridized carbons (Fsp3) is 0.800. The molecule has 0 aromatic rings. The van der Waals surface area contributed by atoms with Crippen molar-refractivity contribution in [3.63, 3.8) is 0 Å². The summed E-state index contributed by atoms with van der Waals surface area (Å²) in [5.74, 6) is -0.859. The number of hydrogen-bond acceptors (Lipinski definition) is 3. The number of methoxy groups -OCH3 is 1. The van der Waals surface area contributed by atoms with E-state index in [-0.39, 0.29) is 12.5 Å². The van der Waals surface area contributed by atoms with Crippen LogP contribution in [-0.4, -0.2) is 42.9 Å². The van der Waals surface area contributed by atoms with Crippen LogP contribution < -0.4 is 10.6 Å². The summed E-state index contributed by atoms with van der Waals surface area (Å²) >= 11 is 0. The number of urea groups is 1. The van der Waals surface area contributed by atoms with E-state index in [0.29, 0.717) is 19.5 Å². The second-order valence-electron chi connectivity index (χ2n) is 4.07. The molecule has 0 bridgehead atoms. The molecule has 0 rings (SSSR count). The first kappa shape index (κ1) is 14.7. The molecule has 0 heterocycles. The summed E-state index contributed by atoms with van der Waals surface area (Å²) in [5, 5.41) is 13.6. The van der Waals surface area contributed by atoms with Crippen molar-refractivity contribution in [2.45, 2.75) is 32.3 Å². The fourth-order valence-electron chi connectivity index (χ4n) is 0.869. The highest BCUT2D eigenvalue weighted by Crippen LogP contribution is 2.04. The van der Waals surface area contributed by atoms with Crippen LogP contribution >= 0.6 is 0 Å². The summed E-state index contributed by atoms with van der Waals surface area (Å²) < 4.78 is 5.12. The standard InChI is InChI=1S/C10H20N2O4/c1-10(2,16-3)7-12-9(15)11-6-4-5-8(13)14/h4-7H2,1-3H3,(H,13,14)(H2,11,12,15). The van der Waals surface area contributed by atoms with Gasteiger partial charge in [-0.1, -0.05) is 0 Å². The third-order valence-corrected chi connectivity index (χ3v) is 2.08. The van der Waals surface area contributed by atoms with E-state index in [1.807, 2.05) is 13.8 Å². The first-order valence-electron chi connectivity index (χ1n) is 5.16. The van der Waals surface area contributed by atoms with Crippen LogP contribution in [-0.2, 0) is 9.53 Å². The second kappa shape index (κ2) is 7.05. The van der Waals surface area contributed by atoms with Gasteiger partial charge in [0.25, 0.3) is 0 Å². The molecule has 0 saturated carbocycles. The molecule has 0 spiro atoms. The molecule has 0 aliphatic rings. The van der Waals surface area contributed by atoms with Crippen LogP contribution in [0.5, 0.6) is 0 Å². The van der Waals surface area contributed by atoms with E-state index in [1.165, 1.54) is 0 Å². The highest BCUT2D eigenvalue weighted by atomic mass is 16.5. The molecule has 3 N–H and O–H groups in total. The first-order valence-corrected chi connectivity index (χ1v) is 5.16. The van der Waals surface area contributed by atoms with Crippen LogP contribution in [0.25, 0.3) is 0 Å². The van der Waals surface area contributed by atoms with E-state index in [1.54, 1.807) is 7.11 Å². The first-order chi connectivity index (χ1) is 7.37. The summed E-state index contributed by atoms with van der Waals surface area (Å²) in [6.07, 6.45) is 0.486. The lowest BCUT2D eigenvalue weighted by Crippen LogP contribution is -2.44. The average molecular weight is 232 g/mol. The number of carbonyl (C=O) groups excluding carboxylic acids is 1. The molecule has 0 aliphatic heterocycles. The van der Waals surface area contributed by atoms with Gasteiger partial charge in [-0.25, -0.2) is 4.79 Å². The summed E-state index contributed by atoms with van der Waals surface area (Å²) in [4.78, 5) is 21.4. The average Bonchev–Trinajstić information content (AvgIpc) is 2.21. The van der Waals surface area contributed by atoms with Crippen molar-refractivity contribution < 1.29 is 19.4 Å². The third kappa shape index (κ3) is 8.05. The number of ether oxygens (including phenoxy) is 1. The molecule has 0 radical (unpaired) electrons. The molecule has 6 nitrogen and oxygen atoms in total. The van der Waals surface area contributed by atoms with Gasteiger partial charge in [0.1, 0.15) is 0 Å². The maximum Gasteiger partial charge on any atom is 0.314 e. The Morgan fingerprint density at radius 3 is 2.44 bits per heavy atom. The van der Waals surface area contributed by atoms with Gasteiger partial charge < -0.3 is 20.5 Å². The van der Waals surface area contributed by atoms with Crippen LogP contribution in [0.15, 0.2) is 0 Å². The Kier molecular flexibility index (Phi) is 6.48. The van der Waals surface area contributed by atoms with E-state index in [2.05, 4.69) is 10.6 Å². The molecule has 0 aromatic carbocycles. The summed E-state index contributed by atoms with van der Waals surface area (Å²) in [7, 11) is 1.58. The van der Waals surface area contributed by atoms with Crippen molar-refractivity contribution >= 4 is 12.0 Å². The number of carboxylic acid groups (broad SMARTS) is 1. The smallest absolute Gasteiger partial charge is 0.314 e. The highest BCUT2D eigenvalue weighted by Gasteiger charge is 2.16. The fourth-order valence-corrected chi connectivity index (χ4v) is 0.869. The molecule has 0 atom stereocenters. The minimum atomic E-state index is -0.859. The van der Waals surface area contributed by atoms with Gasteiger partial charge in [0.05, 0.1) is 5.60 Å². The lowest BCUT2D eigenvalue weighted by Gasteiger charge is -2.23. The van der Waals surface area contributed by atoms with Gasteiger partial charge in [-0.2, -0.15) is 0 Å². The minimum absolute atomic E-state index is 0.0594. The molecule has 0 aromatic heterocycles. The molecule has 0 aliphatic carbocycles. The van der Waals surface area contributed by atoms with Crippen molar-refractivity contribution in [3.8, 4) is 0 Å². The van der Waals surface area contributed by atoms with Crippen LogP contribution in [0, 0.1) is 0 Å². The lowest BCUT2D eigenvalue weighted by atomic mass is 10.1. The highest BCUT2D eigenvalue weighted by molar-refractivity contribution is 5.74. The van der Waals surface area contributed by atoms with Gasteiger partial charge in [0.15, 0.2) is 0 Å². The van der Waals surface area contributed by atoms with Crippen LogP contribution in [0.3, 0.4) is 0 Å². The predicted molar refractivity (Wildman–Crippen MR) is 59.4 cm³/mol. The Bertz CT molecular complexity index is 241. The number of aliphatic carboxylic acids is 1. The van der Waals surface area contributed by atoms with E-state index < -0.39 is 11.6 Å². The van der Waals surface area contributed by atoms with Crippen molar-refractivity contribution in [2.24, 2.45) is 0 Å². The zero-order valence-corrected chi connectivity index (χ0v) is 10.0. The number of amides is 2. The van der Waals surface area contributed by atoms with Gasteiger partial charge >= 0.3 is 12.0 Å². The van der Waals surface area contributed by atoms with Crippen molar-refractivity contribution in [3.05, 3.63) is 0 Å². The van der Waals surface area contributed by atoms with Gasteiger partial charge in [-0.15, -0.1) is 0 Å². The zero-order chi connectivity index (χ0) is 12.6. The Hall–Kier alpha value is -1.30. The quantitative estimate of drug-likeness (QED) is 0.560. The summed E-state index contributed by atoms with van der Waals surface area (Å²) in [6.45, 7) is 4.47. The van der Waals surface area contributed by atoms with Gasteiger partial charge in [-0.05, 0) is 20.3 Å². The van der Waals surface area contributed by atoms with Crippen molar-refractivity contribution in [2.75, 3.05) is 20.2 Å². The van der Waals surface area contributed by atoms with Gasteiger partial charge in [0, 0.05) is 26.6 Å². The molecule has 2 amide bonds. The molecule has 0 saturated heterocycles. The van der Waals surface area contributed by atoms with E-state index in [4.69, 9.17) is 9.84 Å². The van der Waals surface area contributed by atoms with Crippen molar-refractivity contribution in [1.82, 2.24) is 10.6 Å². The predicted octanol–water partition coefficient (Wildman–Crippen LogP) is 0.575. The van der Waals surface area contributed by atoms with Crippen LogP contribution in [0.1, 0.15) is 26.7 Å². The Balaban J connectivity index is 3.56. The van der Waals surface area contributed by atoms with Gasteiger partial charge in [0.2, 0.25) is 0 Å². The summed E-state index contributed by atoms with van der Waals surface area (Å²) in [5.41, 5.74) is -0.404. The maximum atomic E-state index is 11.2. The lowest BCUT2D eigenvalue weighted by molar-refractivity contribution is -0.137. The molecular formula is C10H20N2O4. The normalized spacial score (nSPS) is 10.9. The van der Waals surface area contributed by atoms with E-state index in [0.717, 1.165) is 0 Å². The molecule has 0 fully saturated rings. The van der Waals surface area contributed by atoms with E-state index in [9.17, 15) is 9.59 Å². The Labute approximate surface area is 95.4 Å². The SMILES string of the molecule is COC(C)(C)CNC(=O)NCCCC(=O)O. The van der Waals surface area contributed by atoms with Crippen molar-refractivity contribution in [1.29, 1.82) is 0 Å². The zero-order valence-electron chi connectivity index (χ0n) is 10.0.